The molecule has 0 spiro atoms. The van der Waals surface area contributed by atoms with E-state index in [4.69, 9.17) is 5.73 Å². The van der Waals surface area contributed by atoms with Gasteiger partial charge in [-0.3, -0.25) is 0 Å². The first-order valence-electron chi connectivity index (χ1n) is 5.93. The second-order valence-corrected chi connectivity index (χ2v) is 4.98. The second-order valence-electron chi connectivity index (χ2n) is 4.98. The van der Waals surface area contributed by atoms with E-state index in [9.17, 15) is 8.78 Å². The van der Waals surface area contributed by atoms with Crippen LogP contribution in [0, 0.1) is 11.6 Å². The van der Waals surface area contributed by atoms with Gasteiger partial charge in [-0.15, -0.1) is 0 Å². The molecular formula is C14H15F2N3. The standard InChI is InChI=1S/C14H15F2N3/c1-14(2,8-17)13-18-6-5-12(19-13)9-3-4-10(15)11(16)7-9/h3-7H,8,17H2,1-2H3. The molecule has 0 saturated heterocycles. The SMILES string of the molecule is CC(C)(CN)c1nccc(-c2ccc(F)c(F)c2)n1. The number of benzene rings is 1. The smallest absolute Gasteiger partial charge is 0.159 e. The molecule has 0 aliphatic carbocycles. The van der Waals surface area contributed by atoms with Crippen LogP contribution in [0.1, 0.15) is 19.7 Å². The van der Waals surface area contributed by atoms with Crippen molar-refractivity contribution in [2.75, 3.05) is 6.54 Å². The summed E-state index contributed by atoms with van der Waals surface area (Å²) in [4.78, 5) is 8.56. The fourth-order valence-electron chi connectivity index (χ4n) is 1.59. The lowest BCUT2D eigenvalue weighted by molar-refractivity contribution is 0.502. The lowest BCUT2D eigenvalue weighted by Gasteiger charge is -2.20. The van der Waals surface area contributed by atoms with Crippen molar-refractivity contribution in [1.29, 1.82) is 0 Å². The number of hydrogen-bond donors (Lipinski definition) is 1. The molecule has 0 amide bonds. The Bertz CT molecular complexity index is 597. The minimum Gasteiger partial charge on any atom is -0.329 e. The highest BCUT2D eigenvalue weighted by molar-refractivity contribution is 5.58. The lowest BCUT2D eigenvalue weighted by atomic mass is 9.92. The molecule has 2 N–H and O–H groups in total. The van der Waals surface area contributed by atoms with Crippen LogP contribution >= 0.6 is 0 Å². The van der Waals surface area contributed by atoms with Crippen LogP contribution in [0.4, 0.5) is 8.78 Å². The fourth-order valence-corrected chi connectivity index (χ4v) is 1.59. The normalized spacial score (nSPS) is 11.6. The van der Waals surface area contributed by atoms with Crippen molar-refractivity contribution in [2.24, 2.45) is 5.73 Å². The molecule has 0 bridgehead atoms. The predicted molar refractivity (Wildman–Crippen MR) is 69.5 cm³/mol. The average molecular weight is 263 g/mol. The minimum atomic E-state index is -0.893. The van der Waals surface area contributed by atoms with E-state index in [0.29, 0.717) is 23.6 Å². The van der Waals surface area contributed by atoms with Gasteiger partial charge < -0.3 is 5.73 Å². The largest absolute Gasteiger partial charge is 0.329 e. The van der Waals surface area contributed by atoms with Gasteiger partial charge in [0.05, 0.1) is 5.69 Å². The van der Waals surface area contributed by atoms with Crippen molar-refractivity contribution in [3.05, 3.63) is 47.9 Å². The number of hydrogen-bond acceptors (Lipinski definition) is 3. The van der Waals surface area contributed by atoms with Crippen LogP contribution in [0.2, 0.25) is 0 Å². The highest BCUT2D eigenvalue weighted by Gasteiger charge is 2.22. The molecule has 5 heteroatoms. The molecule has 0 saturated carbocycles. The van der Waals surface area contributed by atoms with Gasteiger partial charge in [0.25, 0.3) is 0 Å². The lowest BCUT2D eigenvalue weighted by Crippen LogP contribution is -2.30. The third kappa shape index (κ3) is 2.76. The van der Waals surface area contributed by atoms with Gasteiger partial charge in [0.1, 0.15) is 5.82 Å². The molecule has 1 aromatic heterocycles. The van der Waals surface area contributed by atoms with Crippen LogP contribution in [-0.2, 0) is 5.41 Å². The maximum atomic E-state index is 13.2. The molecule has 0 aliphatic rings. The van der Waals surface area contributed by atoms with Crippen molar-refractivity contribution in [2.45, 2.75) is 19.3 Å². The van der Waals surface area contributed by atoms with E-state index in [1.54, 1.807) is 12.3 Å². The molecule has 0 atom stereocenters. The van der Waals surface area contributed by atoms with Crippen molar-refractivity contribution < 1.29 is 8.78 Å². The Morgan fingerprint density at radius 1 is 1.16 bits per heavy atom. The Kier molecular flexibility index (Phi) is 3.57. The number of nitrogens with two attached hydrogens (primary N) is 1. The van der Waals surface area contributed by atoms with Gasteiger partial charge in [0.15, 0.2) is 11.6 Å². The molecule has 0 fully saturated rings. The zero-order valence-corrected chi connectivity index (χ0v) is 10.8. The molecule has 2 aromatic rings. The van der Waals surface area contributed by atoms with Crippen molar-refractivity contribution in [3.63, 3.8) is 0 Å². The molecule has 1 heterocycles. The minimum absolute atomic E-state index is 0.366. The van der Waals surface area contributed by atoms with E-state index in [-0.39, 0.29) is 5.41 Å². The molecule has 100 valence electrons. The molecule has 3 nitrogen and oxygen atoms in total. The Morgan fingerprint density at radius 3 is 2.53 bits per heavy atom. The fraction of sp³-hybridized carbons (Fsp3) is 0.286. The molecule has 0 aliphatic heterocycles. The van der Waals surface area contributed by atoms with Gasteiger partial charge in [-0.05, 0) is 24.3 Å². The van der Waals surface area contributed by atoms with Gasteiger partial charge in [-0.2, -0.15) is 0 Å². The summed E-state index contributed by atoms with van der Waals surface area (Å²) < 4.78 is 26.1. The molecule has 2 rings (SSSR count). The van der Waals surface area contributed by atoms with E-state index >= 15 is 0 Å². The number of nitrogens with zero attached hydrogens (tertiary/aromatic N) is 2. The van der Waals surface area contributed by atoms with Gasteiger partial charge in [0, 0.05) is 23.7 Å². The summed E-state index contributed by atoms with van der Waals surface area (Å²) in [5, 5.41) is 0. The van der Waals surface area contributed by atoms with Crippen molar-refractivity contribution in [1.82, 2.24) is 9.97 Å². The zero-order chi connectivity index (χ0) is 14.0. The van der Waals surface area contributed by atoms with Gasteiger partial charge in [-0.1, -0.05) is 13.8 Å². The number of halogens is 2. The summed E-state index contributed by atoms with van der Waals surface area (Å²) in [5.74, 6) is -1.19. The summed E-state index contributed by atoms with van der Waals surface area (Å²) >= 11 is 0. The van der Waals surface area contributed by atoms with Crippen LogP contribution in [-0.4, -0.2) is 16.5 Å². The molecule has 0 radical (unpaired) electrons. The van der Waals surface area contributed by atoms with Crippen LogP contribution in [0.15, 0.2) is 30.5 Å². The average Bonchev–Trinajstić information content (AvgIpc) is 2.42. The predicted octanol–water partition coefficient (Wildman–Crippen LogP) is 2.66. The Balaban J connectivity index is 2.46. The summed E-state index contributed by atoms with van der Waals surface area (Å²) in [5.41, 5.74) is 6.37. The van der Waals surface area contributed by atoms with Crippen LogP contribution < -0.4 is 5.73 Å². The third-order valence-corrected chi connectivity index (χ3v) is 2.99. The van der Waals surface area contributed by atoms with Crippen LogP contribution in [0.25, 0.3) is 11.3 Å². The zero-order valence-electron chi connectivity index (χ0n) is 10.8. The van der Waals surface area contributed by atoms with Gasteiger partial charge >= 0.3 is 0 Å². The molecular weight excluding hydrogens is 248 g/mol. The van der Waals surface area contributed by atoms with E-state index in [1.165, 1.54) is 6.07 Å². The number of aromatic nitrogens is 2. The summed E-state index contributed by atoms with van der Waals surface area (Å²) in [6.07, 6.45) is 1.59. The van der Waals surface area contributed by atoms with Gasteiger partial charge in [-0.25, -0.2) is 18.7 Å². The molecule has 0 unspecified atom stereocenters. The molecule has 1 aromatic carbocycles. The van der Waals surface area contributed by atoms with Crippen molar-refractivity contribution >= 4 is 0 Å². The van der Waals surface area contributed by atoms with Crippen molar-refractivity contribution in [3.8, 4) is 11.3 Å². The molecule has 19 heavy (non-hydrogen) atoms. The Morgan fingerprint density at radius 2 is 1.89 bits per heavy atom. The number of rotatable bonds is 3. The first-order chi connectivity index (χ1) is 8.94. The first-order valence-corrected chi connectivity index (χ1v) is 5.93. The monoisotopic (exact) mass is 263 g/mol. The topological polar surface area (TPSA) is 51.8 Å². The summed E-state index contributed by atoms with van der Waals surface area (Å²) in [7, 11) is 0. The van der Waals surface area contributed by atoms with Crippen LogP contribution in [0.3, 0.4) is 0 Å². The summed E-state index contributed by atoms with van der Waals surface area (Å²) in [6.45, 7) is 4.25. The van der Waals surface area contributed by atoms with E-state index in [0.717, 1.165) is 12.1 Å². The Hall–Kier alpha value is -1.88. The highest BCUT2D eigenvalue weighted by Crippen LogP contribution is 2.23. The first kappa shape index (κ1) is 13.5. The highest BCUT2D eigenvalue weighted by atomic mass is 19.2. The van der Waals surface area contributed by atoms with Crippen LogP contribution in [0.5, 0.6) is 0 Å². The maximum absolute atomic E-state index is 13.2. The van der Waals surface area contributed by atoms with E-state index < -0.39 is 11.6 Å². The Labute approximate surface area is 110 Å². The van der Waals surface area contributed by atoms with E-state index in [1.807, 2.05) is 13.8 Å². The quantitative estimate of drug-likeness (QED) is 0.926. The third-order valence-electron chi connectivity index (χ3n) is 2.99. The second kappa shape index (κ2) is 5.01. The maximum Gasteiger partial charge on any atom is 0.159 e. The summed E-state index contributed by atoms with van der Waals surface area (Å²) in [6, 6.07) is 5.35. The van der Waals surface area contributed by atoms with Gasteiger partial charge in [0.2, 0.25) is 0 Å². The van der Waals surface area contributed by atoms with E-state index in [2.05, 4.69) is 9.97 Å².